The van der Waals surface area contributed by atoms with Gasteiger partial charge in [-0.05, 0) is 72.8 Å². The van der Waals surface area contributed by atoms with E-state index in [1.807, 2.05) is 30.3 Å². The lowest BCUT2D eigenvalue weighted by Gasteiger charge is -2.26. The summed E-state index contributed by atoms with van der Waals surface area (Å²) in [6.07, 6.45) is 12.8. The molecule has 0 aliphatic carbocycles. The van der Waals surface area contributed by atoms with Crippen LogP contribution in [0.3, 0.4) is 0 Å². The monoisotopic (exact) mass is 746 g/mol. The summed E-state index contributed by atoms with van der Waals surface area (Å²) in [5.74, 6) is 2.27. The van der Waals surface area contributed by atoms with Crippen molar-refractivity contribution in [2.75, 3.05) is 0 Å². The summed E-state index contributed by atoms with van der Waals surface area (Å²) in [7, 11) is -8.09. The van der Waals surface area contributed by atoms with Crippen LogP contribution in [-0.4, -0.2) is 19.9 Å². The predicted molar refractivity (Wildman–Crippen MR) is 200 cm³/mol. The predicted octanol–water partition coefficient (Wildman–Crippen LogP) is 8.43. The first-order chi connectivity index (χ1) is 25.6. The molecule has 0 saturated heterocycles. The normalized spacial score (nSPS) is 11.1. The lowest BCUT2D eigenvalue weighted by molar-refractivity contribution is 0.387. The van der Waals surface area contributed by atoms with Crippen LogP contribution in [0.2, 0.25) is 0 Å². The van der Waals surface area contributed by atoms with Crippen LogP contribution in [0, 0.1) is 0 Å². The Labute approximate surface area is 302 Å². The van der Waals surface area contributed by atoms with E-state index < -0.39 is 24.3 Å². The van der Waals surface area contributed by atoms with Gasteiger partial charge in [-0.2, -0.15) is 0 Å². The number of aromatic nitrogens is 4. The molecule has 0 N–H and O–H groups in total. The molecule has 0 fully saturated rings. The molecule has 4 aromatic heterocycles. The summed E-state index contributed by atoms with van der Waals surface area (Å²) in [6, 6.07) is 37.3. The summed E-state index contributed by atoms with van der Waals surface area (Å²) in [6.45, 7) is 0. The van der Waals surface area contributed by atoms with Crippen molar-refractivity contribution in [3.63, 3.8) is 0 Å². The van der Waals surface area contributed by atoms with Gasteiger partial charge >= 0.3 is 17.2 Å². The first kappa shape index (κ1) is 34.6. The first-order valence-corrected chi connectivity index (χ1v) is 19.7. The maximum absolute atomic E-state index is 16.1. The smallest absolute Gasteiger partial charge is 0.408 e. The van der Waals surface area contributed by atoms with Crippen molar-refractivity contribution in [2.45, 2.75) is 0 Å². The Morgan fingerprint density at radius 2 is 0.731 bits per heavy atom. The van der Waals surface area contributed by atoms with Crippen molar-refractivity contribution in [3.8, 4) is 34.5 Å². The number of benzene rings is 3. The van der Waals surface area contributed by atoms with Gasteiger partial charge in [-0.15, -0.1) is 0 Å². The zero-order chi connectivity index (χ0) is 35.4. The Morgan fingerprint density at radius 1 is 0.385 bits per heavy atom. The third kappa shape index (κ3) is 8.53. The van der Waals surface area contributed by atoms with Crippen molar-refractivity contribution in [1.29, 1.82) is 0 Å². The van der Waals surface area contributed by atoms with E-state index in [9.17, 15) is 0 Å². The highest BCUT2D eigenvalue weighted by Gasteiger charge is 2.38. The van der Waals surface area contributed by atoms with Crippen LogP contribution in [0.4, 0.5) is 0 Å². The number of rotatable bonds is 15. The fourth-order valence-electron chi connectivity index (χ4n) is 4.86. The fourth-order valence-corrected chi connectivity index (χ4v) is 9.84. The summed E-state index contributed by atoms with van der Waals surface area (Å²) >= 11 is 0. The van der Waals surface area contributed by atoms with Crippen LogP contribution in [0.5, 0.6) is 34.5 Å². The topological polar surface area (TPSA) is 124 Å². The molecule has 0 aliphatic rings. The summed E-state index contributed by atoms with van der Waals surface area (Å²) in [4.78, 5) is 16.6. The van der Waals surface area contributed by atoms with Gasteiger partial charge in [-0.1, -0.05) is 54.6 Å². The molecular weight excluding hydrogens is 717 g/mol. The third-order valence-corrected chi connectivity index (χ3v) is 12.4. The second kappa shape index (κ2) is 16.9. The van der Waals surface area contributed by atoms with Crippen LogP contribution in [0.15, 0.2) is 177 Å². The van der Waals surface area contributed by atoms with E-state index in [4.69, 9.17) is 27.1 Å². The lowest BCUT2D eigenvalue weighted by Crippen LogP contribution is -2.27. The number of nitrogens with zero attached hydrogens (tertiary/aromatic N) is 4. The first-order valence-electron chi connectivity index (χ1n) is 15.8. The maximum Gasteiger partial charge on any atom is 0.530 e. The molecule has 11 nitrogen and oxygen atoms in total. The van der Waals surface area contributed by atoms with Gasteiger partial charge in [0.25, 0.3) is 0 Å². The Morgan fingerprint density at radius 3 is 1.08 bits per heavy atom. The minimum atomic E-state index is -3.79. The average molecular weight is 747 g/mol. The molecule has 7 rings (SSSR count). The Balaban J connectivity index is 1.30. The molecule has 14 heteroatoms. The fraction of sp³-hybridized carbons (Fsp3) is 0. The van der Waals surface area contributed by atoms with Crippen LogP contribution < -0.4 is 43.1 Å². The van der Waals surface area contributed by atoms with E-state index in [2.05, 4.69) is 19.9 Å². The minimum absolute atomic E-state index is 0.281. The highest BCUT2D eigenvalue weighted by Crippen LogP contribution is 2.52. The Kier molecular flexibility index (Phi) is 11.2. The van der Waals surface area contributed by atoms with Crippen molar-refractivity contribution in [1.82, 2.24) is 19.9 Å². The molecule has 0 radical (unpaired) electrons. The van der Waals surface area contributed by atoms with Gasteiger partial charge in [0.2, 0.25) is 0 Å². The summed E-state index contributed by atoms with van der Waals surface area (Å²) in [5, 5.41) is 1.32. The minimum Gasteiger partial charge on any atom is -0.408 e. The molecule has 52 heavy (non-hydrogen) atoms. The molecule has 7 aromatic rings. The van der Waals surface area contributed by atoms with Crippen molar-refractivity contribution in [2.24, 2.45) is 0 Å². The second-order valence-electron chi connectivity index (χ2n) is 10.6. The molecule has 0 atom stereocenters. The quantitative estimate of drug-likeness (QED) is 0.0940. The second-order valence-corrected chi connectivity index (χ2v) is 15.3. The maximum atomic E-state index is 16.1. The molecule has 3 aromatic carbocycles. The van der Waals surface area contributed by atoms with Crippen LogP contribution in [0.25, 0.3) is 0 Å². The van der Waals surface area contributed by atoms with Gasteiger partial charge in [0.05, 0.1) is 35.4 Å². The van der Waals surface area contributed by atoms with E-state index in [0.717, 1.165) is 0 Å². The number of pyridine rings is 4. The lowest BCUT2D eigenvalue weighted by atomic mass is 10.3. The van der Waals surface area contributed by atoms with E-state index in [1.54, 1.807) is 147 Å². The summed E-state index contributed by atoms with van der Waals surface area (Å²) < 4.78 is 53.8. The van der Waals surface area contributed by atoms with E-state index >= 15 is 4.57 Å². The van der Waals surface area contributed by atoms with Crippen molar-refractivity contribution >= 4 is 40.3 Å². The van der Waals surface area contributed by atoms with E-state index in [1.165, 1.54) is 0 Å². The number of hydrogen-bond donors (Lipinski definition) is 0. The molecule has 4 heterocycles. The molecular formula is C38H29N4O7P3. The van der Waals surface area contributed by atoms with Gasteiger partial charge in [-0.3, -0.25) is 19.9 Å². The largest absolute Gasteiger partial charge is 0.530 e. The average Bonchev–Trinajstić information content (AvgIpc) is 3.20. The molecule has 0 spiro atoms. The highest BCUT2D eigenvalue weighted by molar-refractivity contribution is 7.85. The van der Waals surface area contributed by atoms with Gasteiger partial charge in [-0.25, -0.2) is 0 Å². The molecule has 0 saturated carbocycles. The summed E-state index contributed by atoms with van der Waals surface area (Å²) in [5.41, 5.74) is 0. The van der Waals surface area contributed by atoms with Crippen LogP contribution in [0.1, 0.15) is 0 Å². The zero-order valence-corrected chi connectivity index (χ0v) is 29.9. The standard InChI is InChI=1S/C38H29N4O7P3/c43-52(34-16-2-1-3-17-34,37-20-6-4-18-35(37)48-50(44-30-12-8-22-39-26-30)45-31-13-9-23-40-27-31)38-21-7-5-19-36(38)49-51(46-32-14-10-24-41-28-32)47-33-15-11-25-42-29-33/h1-29H. The van der Waals surface area contributed by atoms with Gasteiger partial charge in [0.1, 0.15) is 34.5 Å². The highest BCUT2D eigenvalue weighted by atomic mass is 31.2. The van der Waals surface area contributed by atoms with Gasteiger partial charge in [0.15, 0.2) is 7.14 Å². The molecule has 0 bridgehead atoms. The van der Waals surface area contributed by atoms with E-state index in [-0.39, 0.29) is 11.5 Å². The Hall–Kier alpha value is -5.85. The molecule has 258 valence electrons. The number of para-hydroxylation sites is 2. The van der Waals surface area contributed by atoms with Crippen molar-refractivity contribution in [3.05, 3.63) is 177 Å². The Bertz CT molecular complexity index is 1990. The third-order valence-electron chi connectivity index (χ3n) is 7.13. The molecule has 0 aliphatic heterocycles. The van der Waals surface area contributed by atoms with E-state index in [0.29, 0.717) is 38.9 Å². The van der Waals surface area contributed by atoms with Crippen molar-refractivity contribution < 1.29 is 31.7 Å². The molecule has 0 unspecified atom stereocenters. The van der Waals surface area contributed by atoms with Crippen LogP contribution >= 0.6 is 24.3 Å². The van der Waals surface area contributed by atoms with Gasteiger partial charge in [0, 0.05) is 30.1 Å². The SMILES string of the molecule is O=P(c1ccccc1)(c1ccccc1OP(Oc1cccnc1)Oc1cccnc1)c1ccccc1OP(Oc1cccnc1)Oc1cccnc1. The zero-order valence-electron chi connectivity index (χ0n) is 27.2. The van der Waals surface area contributed by atoms with Gasteiger partial charge < -0.3 is 31.7 Å². The molecule has 0 amide bonds. The van der Waals surface area contributed by atoms with Crippen LogP contribution in [-0.2, 0) is 4.57 Å². The number of hydrogen-bond acceptors (Lipinski definition) is 11.